The summed E-state index contributed by atoms with van der Waals surface area (Å²) in [6, 6.07) is 0. The molecular formula is C13H23N. The van der Waals surface area contributed by atoms with Gasteiger partial charge in [0.15, 0.2) is 0 Å². The molecule has 0 amide bonds. The van der Waals surface area contributed by atoms with Crippen LogP contribution in [-0.4, -0.2) is 0 Å². The maximum absolute atomic E-state index is 5.90. The molecule has 0 aliphatic heterocycles. The summed E-state index contributed by atoms with van der Waals surface area (Å²) in [7, 11) is 0. The van der Waals surface area contributed by atoms with Crippen molar-refractivity contribution in [1.29, 1.82) is 0 Å². The van der Waals surface area contributed by atoms with Gasteiger partial charge in [-0.3, -0.25) is 0 Å². The minimum absolute atomic E-state index is 0.0858. The van der Waals surface area contributed by atoms with Crippen molar-refractivity contribution in [3.63, 3.8) is 0 Å². The molecule has 0 spiro atoms. The maximum Gasteiger partial charge on any atom is 0.0345 e. The Bertz CT molecular complexity index is 238. The highest BCUT2D eigenvalue weighted by molar-refractivity contribution is 5.34. The van der Waals surface area contributed by atoms with Crippen LogP contribution in [0.5, 0.6) is 0 Å². The molecule has 1 nitrogen and oxygen atoms in total. The molecule has 0 aromatic rings. The average Bonchev–Trinajstić information content (AvgIpc) is 2.09. The van der Waals surface area contributed by atoms with Crippen molar-refractivity contribution in [1.82, 2.24) is 0 Å². The first-order valence-electron chi connectivity index (χ1n) is 5.22. The zero-order chi connectivity index (χ0) is 11.2. The minimum Gasteiger partial charge on any atom is -0.399 e. The third-order valence-electron chi connectivity index (χ3n) is 2.08. The largest absolute Gasteiger partial charge is 0.399 e. The number of nitrogens with two attached hydrogens (primary N) is 1. The van der Waals surface area contributed by atoms with Crippen molar-refractivity contribution in [3.05, 3.63) is 36.1 Å². The van der Waals surface area contributed by atoms with Gasteiger partial charge in [0.05, 0.1) is 0 Å². The monoisotopic (exact) mass is 193 g/mol. The number of unbranched alkanes of at least 4 members (excludes halogenated alkanes) is 1. The number of hydrogen-bond acceptors (Lipinski definition) is 1. The first kappa shape index (κ1) is 13.0. The van der Waals surface area contributed by atoms with E-state index in [1.807, 2.05) is 0 Å². The third kappa shape index (κ3) is 4.31. The van der Waals surface area contributed by atoms with Gasteiger partial charge in [-0.05, 0) is 23.5 Å². The van der Waals surface area contributed by atoms with Gasteiger partial charge < -0.3 is 5.73 Å². The summed E-state index contributed by atoms with van der Waals surface area (Å²) in [5.41, 5.74) is 7.93. The van der Waals surface area contributed by atoms with Crippen LogP contribution < -0.4 is 5.73 Å². The fourth-order valence-corrected chi connectivity index (χ4v) is 1.26. The lowest BCUT2D eigenvalue weighted by Gasteiger charge is -2.21. The average molecular weight is 193 g/mol. The van der Waals surface area contributed by atoms with E-state index in [1.165, 1.54) is 12.0 Å². The second-order valence-electron chi connectivity index (χ2n) is 4.51. The van der Waals surface area contributed by atoms with E-state index in [4.69, 9.17) is 5.73 Å². The Kier molecular flexibility index (Phi) is 5.29. The Balaban J connectivity index is 4.85. The lowest BCUT2D eigenvalue weighted by molar-refractivity contribution is 0.512. The van der Waals surface area contributed by atoms with Crippen LogP contribution in [0, 0.1) is 5.41 Å². The number of hydrogen-bond donors (Lipinski definition) is 1. The topological polar surface area (TPSA) is 26.0 Å². The molecule has 0 rings (SSSR count). The predicted octanol–water partition coefficient (Wildman–Crippen LogP) is 3.79. The maximum atomic E-state index is 5.90. The van der Waals surface area contributed by atoms with Crippen molar-refractivity contribution < 1.29 is 0 Å². The Labute approximate surface area is 88.4 Å². The zero-order valence-corrected chi connectivity index (χ0v) is 9.93. The van der Waals surface area contributed by atoms with Gasteiger partial charge in [0.25, 0.3) is 0 Å². The van der Waals surface area contributed by atoms with Gasteiger partial charge >= 0.3 is 0 Å². The van der Waals surface area contributed by atoms with Crippen LogP contribution in [-0.2, 0) is 0 Å². The molecule has 2 N–H and O–H groups in total. The second kappa shape index (κ2) is 5.69. The highest BCUT2D eigenvalue weighted by Gasteiger charge is 2.16. The van der Waals surface area contributed by atoms with Gasteiger partial charge in [0.1, 0.15) is 0 Å². The van der Waals surface area contributed by atoms with E-state index < -0.39 is 0 Å². The molecule has 0 aliphatic carbocycles. The van der Waals surface area contributed by atoms with Crippen LogP contribution in [0.25, 0.3) is 0 Å². The van der Waals surface area contributed by atoms with E-state index in [9.17, 15) is 0 Å². The summed E-state index contributed by atoms with van der Waals surface area (Å²) in [6.07, 6.45) is 8.29. The van der Waals surface area contributed by atoms with E-state index >= 15 is 0 Å². The first-order valence-corrected chi connectivity index (χ1v) is 5.22. The van der Waals surface area contributed by atoms with Crippen molar-refractivity contribution in [2.75, 3.05) is 0 Å². The molecule has 0 aromatic carbocycles. The summed E-state index contributed by atoms with van der Waals surface area (Å²) in [6.45, 7) is 12.4. The van der Waals surface area contributed by atoms with E-state index in [2.05, 4.69) is 46.4 Å². The standard InChI is InChI=1S/C13H23N/c1-6-8-9-10-11(12(14)7-2)13(3,4)5/h7,9-10H,2,6,8,14H2,1,3-5H3/b10-9-,12-11+. The molecule has 0 fully saturated rings. The van der Waals surface area contributed by atoms with E-state index in [-0.39, 0.29) is 5.41 Å². The summed E-state index contributed by atoms with van der Waals surface area (Å²) in [4.78, 5) is 0. The van der Waals surface area contributed by atoms with Crippen molar-refractivity contribution in [2.24, 2.45) is 11.1 Å². The molecule has 0 aliphatic rings. The Morgan fingerprint density at radius 3 is 2.29 bits per heavy atom. The van der Waals surface area contributed by atoms with Gasteiger partial charge in [-0.2, -0.15) is 0 Å². The van der Waals surface area contributed by atoms with Gasteiger partial charge in [0, 0.05) is 5.70 Å². The molecule has 0 saturated heterocycles. The first-order chi connectivity index (χ1) is 6.43. The smallest absolute Gasteiger partial charge is 0.0345 e. The van der Waals surface area contributed by atoms with Crippen LogP contribution in [0.2, 0.25) is 0 Å². The summed E-state index contributed by atoms with van der Waals surface area (Å²) in [5.74, 6) is 0. The summed E-state index contributed by atoms with van der Waals surface area (Å²) >= 11 is 0. The van der Waals surface area contributed by atoms with Crippen molar-refractivity contribution in [2.45, 2.75) is 40.5 Å². The van der Waals surface area contributed by atoms with Gasteiger partial charge in [-0.15, -0.1) is 0 Å². The molecule has 0 heterocycles. The molecule has 0 radical (unpaired) electrons. The molecule has 1 heteroatoms. The van der Waals surface area contributed by atoms with E-state index in [0.717, 1.165) is 12.1 Å². The molecule has 80 valence electrons. The van der Waals surface area contributed by atoms with Crippen LogP contribution in [0.4, 0.5) is 0 Å². The number of rotatable bonds is 4. The molecule has 0 atom stereocenters. The predicted molar refractivity (Wildman–Crippen MR) is 64.9 cm³/mol. The molecule has 0 saturated carbocycles. The molecule has 0 unspecified atom stereocenters. The zero-order valence-electron chi connectivity index (χ0n) is 9.93. The lowest BCUT2D eigenvalue weighted by Crippen LogP contribution is -2.13. The van der Waals surface area contributed by atoms with Crippen LogP contribution >= 0.6 is 0 Å². The van der Waals surface area contributed by atoms with Crippen LogP contribution in [0.3, 0.4) is 0 Å². The van der Waals surface area contributed by atoms with Crippen LogP contribution in [0.1, 0.15) is 40.5 Å². The fourth-order valence-electron chi connectivity index (χ4n) is 1.26. The molecule has 0 bridgehead atoms. The number of allylic oxidation sites excluding steroid dienone is 4. The normalized spacial score (nSPS) is 14.3. The molecular weight excluding hydrogens is 170 g/mol. The summed E-state index contributed by atoms with van der Waals surface area (Å²) < 4.78 is 0. The lowest BCUT2D eigenvalue weighted by atomic mass is 9.84. The second-order valence-corrected chi connectivity index (χ2v) is 4.51. The van der Waals surface area contributed by atoms with Crippen molar-refractivity contribution >= 4 is 0 Å². The highest BCUT2D eigenvalue weighted by atomic mass is 14.6. The SMILES string of the molecule is C=C/C(N)=C(/C=C\CCC)C(C)(C)C. The molecule has 0 aromatic heterocycles. The fraction of sp³-hybridized carbons (Fsp3) is 0.538. The Morgan fingerprint density at radius 2 is 1.93 bits per heavy atom. The van der Waals surface area contributed by atoms with Crippen molar-refractivity contribution in [3.8, 4) is 0 Å². The van der Waals surface area contributed by atoms with Gasteiger partial charge in [-0.25, -0.2) is 0 Å². The van der Waals surface area contributed by atoms with Gasteiger partial charge in [0.2, 0.25) is 0 Å². The third-order valence-corrected chi connectivity index (χ3v) is 2.08. The Morgan fingerprint density at radius 1 is 1.36 bits per heavy atom. The Hall–Kier alpha value is -0.980. The highest BCUT2D eigenvalue weighted by Crippen LogP contribution is 2.28. The molecule has 14 heavy (non-hydrogen) atoms. The van der Waals surface area contributed by atoms with Gasteiger partial charge in [-0.1, -0.05) is 52.8 Å². The summed E-state index contributed by atoms with van der Waals surface area (Å²) in [5, 5.41) is 0. The minimum atomic E-state index is 0.0858. The quantitative estimate of drug-likeness (QED) is 0.675. The van der Waals surface area contributed by atoms with E-state index in [1.54, 1.807) is 6.08 Å². The van der Waals surface area contributed by atoms with E-state index in [0.29, 0.717) is 0 Å². The van der Waals surface area contributed by atoms with Crippen LogP contribution in [0.15, 0.2) is 36.1 Å².